The zero-order chi connectivity index (χ0) is 12.4. The van der Waals surface area contributed by atoms with E-state index >= 15 is 0 Å². The highest BCUT2D eigenvalue weighted by atomic mass is 14.8. The summed E-state index contributed by atoms with van der Waals surface area (Å²) in [7, 11) is 0. The van der Waals surface area contributed by atoms with Crippen molar-refractivity contribution in [2.45, 2.75) is 25.8 Å². The summed E-state index contributed by atoms with van der Waals surface area (Å²) in [5.41, 5.74) is 5.17. The zero-order valence-electron chi connectivity index (χ0n) is 10.6. The summed E-state index contributed by atoms with van der Waals surface area (Å²) in [6, 6.07) is 19.7. The summed E-state index contributed by atoms with van der Waals surface area (Å²) in [5.74, 6) is 0. The number of rotatable bonds is 2. The first-order chi connectivity index (χ1) is 8.83. The Bertz CT molecular complexity index is 552. The van der Waals surface area contributed by atoms with Crippen LogP contribution < -0.4 is 0 Å². The summed E-state index contributed by atoms with van der Waals surface area (Å²) < 4.78 is 0. The van der Waals surface area contributed by atoms with Crippen molar-refractivity contribution in [3.8, 4) is 11.1 Å². The summed E-state index contributed by atoms with van der Waals surface area (Å²) >= 11 is 0. The second-order valence-corrected chi connectivity index (χ2v) is 4.91. The molecule has 0 saturated carbocycles. The van der Waals surface area contributed by atoms with Gasteiger partial charge in [-0.2, -0.15) is 0 Å². The lowest BCUT2D eigenvalue weighted by Crippen LogP contribution is -1.90. The molecule has 0 bridgehead atoms. The lowest BCUT2D eigenvalue weighted by atomic mass is 10.00. The first kappa shape index (κ1) is 11.2. The molecule has 0 amide bonds. The molecule has 1 heterocycles. The third-order valence-corrected chi connectivity index (χ3v) is 3.56. The second kappa shape index (κ2) is 4.77. The largest absolute Gasteiger partial charge is 0.286 e. The van der Waals surface area contributed by atoms with Crippen LogP contribution in [0.2, 0.25) is 0 Å². The SMILES string of the molecule is CC1=NC(c2ccc(-c3ccccc3)cc2)CC1. The molecule has 18 heavy (non-hydrogen) atoms. The monoisotopic (exact) mass is 235 g/mol. The van der Waals surface area contributed by atoms with Gasteiger partial charge in [0, 0.05) is 5.71 Å². The van der Waals surface area contributed by atoms with Crippen LogP contribution in [0.4, 0.5) is 0 Å². The highest BCUT2D eigenvalue weighted by Crippen LogP contribution is 2.30. The molecule has 0 saturated heterocycles. The topological polar surface area (TPSA) is 12.4 Å². The van der Waals surface area contributed by atoms with Gasteiger partial charge in [0.15, 0.2) is 0 Å². The number of benzene rings is 2. The molecule has 0 radical (unpaired) electrons. The van der Waals surface area contributed by atoms with Gasteiger partial charge in [0.1, 0.15) is 0 Å². The Labute approximate surface area is 108 Å². The lowest BCUT2D eigenvalue weighted by molar-refractivity contribution is 0.723. The van der Waals surface area contributed by atoms with Crippen molar-refractivity contribution in [3.63, 3.8) is 0 Å². The predicted molar refractivity (Wildman–Crippen MR) is 77.0 cm³/mol. The van der Waals surface area contributed by atoms with E-state index < -0.39 is 0 Å². The minimum absolute atomic E-state index is 0.384. The summed E-state index contributed by atoms with van der Waals surface area (Å²) in [6.07, 6.45) is 2.31. The van der Waals surface area contributed by atoms with Gasteiger partial charge in [-0.25, -0.2) is 0 Å². The molecule has 2 aromatic rings. The maximum Gasteiger partial charge on any atom is 0.0751 e. The zero-order valence-corrected chi connectivity index (χ0v) is 10.6. The van der Waals surface area contributed by atoms with Gasteiger partial charge in [-0.15, -0.1) is 0 Å². The maximum atomic E-state index is 4.68. The van der Waals surface area contributed by atoms with Crippen LogP contribution in [0.1, 0.15) is 31.4 Å². The van der Waals surface area contributed by atoms with E-state index in [2.05, 4.69) is 60.4 Å². The number of hydrogen-bond donors (Lipinski definition) is 0. The molecule has 1 aliphatic heterocycles. The van der Waals surface area contributed by atoms with E-state index in [9.17, 15) is 0 Å². The van der Waals surface area contributed by atoms with Crippen LogP contribution in [0.3, 0.4) is 0 Å². The molecule has 0 N–H and O–H groups in total. The fourth-order valence-electron chi connectivity index (χ4n) is 2.51. The molecule has 3 rings (SSSR count). The van der Waals surface area contributed by atoms with Crippen LogP contribution >= 0.6 is 0 Å². The van der Waals surface area contributed by atoms with Crippen molar-refractivity contribution >= 4 is 5.71 Å². The lowest BCUT2D eigenvalue weighted by Gasteiger charge is -2.08. The molecule has 1 atom stereocenters. The molecule has 0 spiro atoms. The van der Waals surface area contributed by atoms with Gasteiger partial charge in [-0.1, -0.05) is 54.6 Å². The van der Waals surface area contributed by atoms with Crippen LogP contribution in [0.15, 0.2) is 59.6 Å². The summed E-state index contributed by atoms with van der Waals surface area (Å²) in [5, 5.41) is 0. The molecule has 1 nitrogen and oxygen atoms in total. The fraction of sp³-hybridized carbons (Fsp3) is 0.235. The molecule has 1 aliphatic rings. The Hall–Kier alpha value is -1.89. The highest BCUT2D eigenvalue weighted by molar-refractivity contribution is 5.83. The Morgan fingerprint density at radius 2 is 1.56 bits per heavy atom. The van der Waals surface area contributed by atoms with Crippen LogP contribution in [-0.2, 0) is 0 Å². The average Bonchev–Trinajstić information content (AvgIpc) is 2.87. The van der Waals surface area contributed by atoms with E-state index in [1.165, 1.54) is 22.4 Å². The number of hydrogen-bond acceptors (Lipinski definition) is 1. The van der Waals surface area contributed by atoms with E-state index in [-0.39, 0.29) is 0 Å². The molecule has 1 heteroatoms. The van der Waals surface area contributed by atoms with E-state index in [1.807, 2.05) is 6.07 Å². The standard InChI is InChI=1S/C17H17N/c1-13-7-12-17(18-13)16-10-8-15(9-11-16)14-5-3-2-4-6-14/h2-6,8-11,17H,7,12H2,1H3. The van der Waals surface area contributed by atoms with Crippen molar-refractivity contribution in [2.24, 2.45) is 4.99 Å². The van der Waals surface area contributed by atoms with Crippen molar-refractivity contribution in [1.29, 1.82) is 0 Å². The van der Waals surface area contributed by atoms with Crippen molar-refractivity contribution in [1.82, 2.24) is 0 Å². The second-order valence-electron chi connectivity index (χ2n) is 4.91. The molecule has 0 fully saturated rings. The minimum Gasteiger partial charge on any atom is -0.286 e. The van der Waals surface area contributed by atoms with Gasteiger partial charge in [-0.3, -0.25) is 4.99 Å². The maximum absolute atomic E-state index is 4.68. The minimum atomic E-state index is 0.384. The van der Waals surface area contributed by atoms with Gasteiger partial charge >= 0.3 is 0 Å². The van der Waals surface area contributed by atoms with Crippen LogP contribution in [0.25, 0.3) is 11.1 Å². The molecule has 2 aromatic carbocycles. The van der Waals surface area contributed by atoms with Gasteiger partial charge in [0.05, 0.1) is 6.04 Å². The Morgan fingerprint density at radius 1 is 0.889 bits per heavy atom. The van der Waals surface area contributed by atoms with Crippen molar-refractivity contribution in [2.75, 3.05) is 0 Å². The van der Waals surface area contributed by atoms with Gasteiger partial charge < -0.3 is 0 Å². The van der Waals surface area contributed by atoms with E-state index in [0.29, 0.717) is 6.04 Å². The highest BCUT2D eigenvalue weighted by Gasteiger charge is 2.16. The van der Waals surface area contributed by atoms with E-state index in [4.69, 9.17) is 0 Å². The molecular formula is C17H17N. The third kappa shape index (κ3) is 2.21. The van der Waals surface area contributed by atoms with Crippen LogP contribution in [0, 0.1) is 0 Å². The van der Waals surface area contributed by atoms with Crippen molar-refractivity contribution < 1.29 is 0 Å². The third-order valence-electron chi connectivity index (χ3n) is 3.56. The van der Waals surface area contributed by atoms with Gasteiger partial charge in [-0.05, 0) is 36.5 Å². The van der Waals surface area contributed by atoms with Gasteiger partial charge in [0.25, 0.3) is 0 Å². The van der Waals surface area contributed by atoms with E-state index in [1.54, 1.807) is 0 Å². The molecule has 1 unspecified atom stereocenters. The molecule has 0 aliphatic carbocycles. The molecule has 0 aromatic heterocycles. The summed E-state index contributed by atoms with van der Waals surface area (Å²) in [4.78, 5) is 4.68. The average molecular weight is 235 g/mol. The first-order valence-electron chi connectivity index (χ1n) is 6.51. The number of nitrogens with zero attached hydrogens (tertiary/aromatic N) is 1. The number of aliphatic imine (C=N–C) groups is 1. The van der Waals surface area contributed by atoms with Crippen LogP contribution in [0.5, 0.6) is 0 Å². The predicted octanol–water partition coefficient (Wildman–Crippen LogP) is 4.65. The summed E-state index contributed by atoms with van der Waals surface area (Å²) in [6.45, 7) is 2.12. The Morgan fingerprint density at radius 3 is 2.17 bits per heavy atom. The Balaban J connectivity index is 1.86. The molecule has 90 valence electrons. The normalized spacial score (nSPS) is 18.7. The van der Waals surface area contributed by atoms with E-state index in [0.717, 1.165) is 12.8 Å². The van der Waals surface area contributed by atoms with Gasteiger partial charge in [0.2, 0.25) is 0 Å². The Kier molecular flexibility index (Phi) is 2.97. The van der Waals surface area contributed by atoms with Crippen molar-refractivity contribution in [3.05, 3.63) is 60.2 Å². The first-order valence-corrected chi connectivity index (χ1v) is 6.51. The van der Waals surface area contributed by atoms with Crippen LogP contribution in [-0.4, -0.2) is 5.71 Å². The fourth-order valence-corrected chi connectivity index (χ4v) is 2.51. The quantitative estimate of drug-likeness (QED) is 0.718. The smallest absolute Gasteiger partial charge is 0.0751 e. The molecular weight excluding hydrogens is 218 g/mol.